The third-order valence-corrected chi connectivity index (χ3v) is 3.50. The fraction of sp³-hybridized carbons (Fsp3) is 0.143. The van der Waals surface area contributed by atoms with Crippen LogP contribution in [0.15, 0.2) is 35.7 Å². The summed E-state index contributed by atoms with van der Waals surface area (Å²) in [6.07, 6.45) is 0. The fourth-order valence-electron chi connectivity index (χ4n) is 1.70. The third kappa shape index (κ3) is 2.82. The van der Waals surface area contributed by atoms with Gasteiger partial charge in [0.15, 0.2) is 5.78 Å². The quantitative estimate of drug-likeness (QED) is 0.872. The number of carbonyl (C=O) groups is 2. The second kappa shape index (κ2) is 5.67. The normalized spacial score (nSPS) is 10.0. The first-order valence-corrected chi connectivity index (χ1v) is 6.54. The number of para-hydroxylation sites is 1. The van der Waals surface area contributed by atoms with Gasteiger partial charge in [-0.15, -0.1) is 11.3 Å². The molecular weight excluding hydrogens is 262 g/mol. The number of hydrogen-bond donors (Lipinski definition) is 1. The molecule has 19 heavy (non-hydrogen) atoms. The standard InChI is InChI=1S/C14H13NO3S/c1-9(16)10-5-3-4-6-11(10)15-14(17)13-12(18-2)7-8-19-13/h3-8H,1-2H3,(H,15,17). The fourth-order valence-corrected chi connectivity index (χ4v) is 2.46. The number of amides is 1. The van der Waals surface area contributed by atoms with Crippen molar-refractivity contribution in [2.45, 2.75) is 6.92 Å². The monoisotopic (exact) mass is 275 g/mol. The van der Waals surface area contributed by atoms with E-state index >= 15 is 0 Å². The highest BCUT2D eigenvalue weighted by molar-refractivity contribution is 7.12. The van der Waals surface area contributed by atoms with Gasteiger partial charge < -0.3 is 10.1 Å². The van der Waals surface area contributed by atoms with Gasteiger partial charge in [-0.3, -0.25) is 9.59 Å². The first-order chi connectivity index (χ1) is 9.13. The summed E-state index contributed by atoms with van der Waals surface area (Å²) in [6.45, 7) is 1.47. The summed E-state index contributed by atoms with van der Waals surface area (Å²) < 4.78 is 5.10. The van der Waals surface area contributed by atoms with Crippen molar-refractivity contribution >= 4 is 28.7 Å². The summed E-state index contributed by atoms with van der Waals surface area (Å²) in [6, 6.07) is 8.65. The van der Waals surface area contributed by atoms with Crippen LogP contribution in [0.25, 0.3) is 0 Å². The molecule has 4 nitrogen and oxygen atoms in total. The van der Waals surface area contributed by atoms with Crippen LogP contribution in [-0.2, 0) is 0 Å². The van der Waals surface area contributed by atoms with Crippen LogP contribution in [0.5, 0.6) is 5.75 Å². The van der Waals surface area contributed by atoms with Gasteiger partial charge in [0.25, 0.3) is 5.91 Å². The van der Waals surface area contributed by atoms with E-state index in [4.69, 9.17) is 4.74 Å². The summed E-state index contributed by atoms with van der Waals surface area (Å²) >= 11 is 1.29. The molecule has 1 aromatic carbocycles. The first-order valence-electron chi connectivity index (χ1n) is 5.66. The number of ether oxygens (including phenoxy) is 1. The predicted molar refractivity (Wildman–Crippen MR) is 75.3 cm³/mol. The number of carbonyl (C=O) groups excluding carboxylic acids is 2. The number of hydrogen-bond acceptors (Lipinski definition) is 4. The number of methoxy groups -OCH3 is 1. The lowest BCUT2D eigenvalue weighted by Crippen LogP contribution is -2.13. The molecule has 1 N–H and O–H groups in total. The second-order valence-electron chi connectivity index (χ2n) is 3.87. The first kappa shape index (κ1) is 13.3. The van der Waals surface area contributed by atoms with Gasteiger partial charge in [-0.2, -0.15) is 0 Å². The average Bonchev–Trinajstić information content (AvgIpc) is 2.87. The minimum absolute atomic E-state index is 0.0888. The van der Waals surface area contributed by atoms with E-state index in [-0.39, 0.29) is 11.7 Å². The zero-order valence-electron chi connectivity index (χ0n) is 10.6. The van der Waals surface area contributed by atoms with E-state index in [1.807, 2.05) is 0 Å². The molecule has 5 heteroatoms. The number of ketones is 1. The molecule has 98 valence electrons. The van der Waals surface area contributed by atoms with E-state index in [1.54, 1.807) is 35.7 Å². The highest BCUT2D eigenvalue weighted by Gasteiger charge is 2.16. The van der Waals surface area contributed by atoms with Gasteiger partial charge in [0.2, 0.25) is 0 Å². The maximum absolute atomic E-state index is 12.1. The summed E-state index contributed by atoms with van der Waals surface area (Å²) in [7, 11) is 1.52. The van der Waals surface area contributed by atoms with Crippen LogP contribution < -0.4 is 10.1 Å². The number of nitrogens with one attached hydrogen (secondary N) is 1. The molecule has 0 bridgehead atoms. The second-order valence-corrected chi connectivity index (χ2v) is 4.79. The minimum Gasteiger partial charge on any atom is -0.495 e. The van der Waals surface area contributed by atoms with Crippen molar-refractivity contribution in [3.05, 3.63) is 46.2 Å². The molecule has 0 atom stereocenters. The van der Waals surface area contributed by atoms with Crippen LogP contribution in [-0.4, -0.2) is 18.8 Å². The van der Waals surface area contributed by atoms with Gasteiger partial charge >= 0.3 is 0 Å². The van der Waals surface area contributed by atoms with Gasteiger partial charge in [0.1, 0.15) is 10.6 Å². The summed E-state index contributed by atoms with van der Waals surface area (Å²) in [5.41, 5.74) is 1.00. The molecule has 2 aromatic rings. The molecule has 1 aromatic heterocycles. The molecule has 0 saturated heterocycles. The minimum atomic E-state index is -0.277. The number of Topliss-reactive ketones (excluding diaryl/α,β-unsaturated/α-hetero) is 1. The van der Waals surface area contributed by atoms with Crippen molar-refractivity contribution in [2.24, 2.45) is 0 Å². The molecular formula is C14H13NO3S. The van der Waals surface area contributed by atoms with Crippen LogP contribution in [0.2, 0.25) is 0 Å². The van der Waals surface area contributed by atoms with Crippen molar-refractivity contribution in [1.29, 1.82) is 0 Å². The lowest BCUT2D eigenvalue weighted by Gasteiger charge is -2.08. The lowest BCUT2D eigenvalue weighted by molar-refractivity contribution is 0.101. The smallest absolute Gasteiger partial charge is 0.269 e. The molecule has 2 rings (SSSR count). The average molecular weight is 275 g/mol. The van der Waals surface area contributed by atoms with Gasteiger partial charge in [0, 0.05) is 5.56 Å². The molecule has 1 heterocycles. The summed E-state index contributed by atoms with van der Waals surface area (Å²) in [4.78, 5) is 24.1. The largest absolute Gasteiger partial charge is 0.495 e. The van der Waals surface area contributed by atoms with Crippen molar-refractivity contribution in [3.63, 3.8) is 0 Å². The Bertz CT molecular complexity index is 619. The Morgan fingerprint density at radius 1 is 1.21 bits per heavy atom. The Hall–Kier alpha value is -2.14. The Kier molecular flexibility index (Phi) is 3.97. The van der Waals surface area contributed by atoms with Gasteiger partial charge in [0.05, 0.1) is 12.8 Å². The predicted octanol–water partition coefficient (Wildman–Crippen LogP) is 3.21. The Labute approximate surface area is 115 Å². The molecule has 0 fully saturated rings. The zero-order chi connectivity index (χ0) is 13.8. The van der Waals surface area contributed by atoms with E-state index in [1.165, 1.54) is 25.4 Å². The Morgan fingerprint density at radius 2 is 1.95 bits per heavy atom. The number of rotatable bonds is 4. The molecule has 0 aliphatic rings. The van der Waals surface area contributed by atoms with Crippen molar-refractivity contribution in [1.82, 2.24) is 0 Å². The lowest BCUT2D eigenvalue weighted by atomic mass is 10.1. The van der Waals surface area contributed by atoms with Gasteiger partial charge in [-0.1, -0.05) is 12.1 Å². The van der Waals surface area contributed by atoms with Crippen LogP contribution in [0.3, 0.4) is 0 Å². The molecule has 0 saturated carbocycles. The van der Waals surface area contributed by atoms with E-state index in [2.05, 4.69) is 5.32 Å². The molecule has 0 spiro atoms. The molecule has 0 aliphatic carbocycles. The maximum Gasteiger partial charge on any atom is 0.269 e. The summed E-state index contributed by atoms with van der Waals surface area (Å²) in [5.74, 6) is 0.164. The topological polar surface area (TPSA) is 55.4 Å². The zero-order valence-corrected chi connectivity index (χ0v) is 11.4. The Balaban J connectivity index is 2.27. The van der Waals surface area contributed by atoms with E-state index < -0.39 is 0 Å². The molecule has 0 radical (unpaired) electrons. The number of thiophene rings is 1. The van der Waals surface area contributed by atoms with Gasteiger partial charge in [-0.25, -0.2) is 0 Å². The van der Waals surface area contributed by atoms with Crippen LogP contribution in [0, 0.1) is 0 Å². The maximum atomic E-state index is 12.1. The van der Waals surface area contributed by atoms with Crippen LogP contribution >= 0.6 is 11.3 Å². The summed E-state index contributed by atoms with van der Waals surface area (Å²) in [5, 5.41) is 4.52. The van der Waals surface area contributed by atoms with Crippen molar-refractivity contribution in [2.75, 3.05) is 12.4 Å². The van der Waals surface area contributed by atoms with E-state index in [0.29, 0.717) is 21.9 Å². The molecule has 0 unspecified atom stereocenters. The van der Waals surface area contributed by atoms with Crippen molar-refractivity contribution in [3.8, 4) is 5.75 Å². The third-order valence-electron chi connectivity index (χ3n) is 2.61. The van der Waals surface area contributed by atoms with Crippen LogP contribution in [0.4, 0.5) is 5.69 Å². The van der Waals surface area contributed by atoms with E-state index in [0.717, 1.165) is 0 Å². The number of anilines is 1. The van der Waals surface area contributed by atoms with Crippen LogP contribution in [0.1, 0.15) is 27.0 Å². The van der Waals surface area contributed by atoms with E-state index in [9.17, 15) is 9.59 Å². The molecule has 1 amide bonds. The highest BCUT2D eigenvalue weighted by Crippen LogP contribution is 2.26. The molecule has 0 aliphatic heterocycles. The number of benzene rings is 1. The van der Waals surface area contributed by atoms with Gasteiger partial charge in [-0.05, 0) is 30.5 Å². The van der Waals surface area contributed by atoms with Crippen molar-refractivity contribution < 1.29 is 14.3 Å². The SMILES string of the molecule is COc1ccsc1C(=O)Nc1ccccc1C(C)=O. The Morgan fingerprint density at radius 3 is 2.63 bits per heavy atom. The highest BCUT2D eigenvalue weighted by atomic mass is 32.1.